The van der Waals surface area contributed by atoms with Gasteiger partial charge in [0.2, 0.25) is 11.8 Å². The molecule has 0 aliphatic rings. The van der Waals surface area contributed by atoms with E-state index in [1.54, 1.807) is 6.07 Å². The summed E-state index contributed by atoms with van der Waals surface area (Å²) in [5.41, 5.74) is 13.6. The molecule has 100 valence electrons. The largest absolute Gasteiger partial charge is 0.439 e. The van der Waals surface area contributed by atoms with Gasteiger partial charge in [-0.1, -0.05) is 19.9 Å². The Morgan fingerprint density at radius 2 is 1.84 bits per heavy atom. The molecule has 19 heavy (non-hydrogen) atoms. The molecule has 4 N–H and O–H groups in total. The molecule has 0 radical (unpaired) electrons. The molecule has 0 saturated carbocycles. The summed E-state index contributed by atoms with van der Waals surface area (Å²) in [7, 11) is 0. The number of hydrogen-bond acceptors (Lipinski definition) is 5. The molecule has 0 saturated heterocycles. The van der Waals surface area contributed by atoms with Crippen molar-refractivity contribution in [2.75, 3.05) is 11.5 Å². The van der Waals surface area contributed by atoms with Crippen LogP contribution in [0.4, 0.5) is 11.8 Å². The van der Waals surface area contributed by atoms with Gasteiger partial charge < -0.3 is 16.2 Å². The first kappa shape index (κ1) is 13.1. The van der Waals surface area contributed by atoms with Crippen molar-refractivity contribution in [2.24, 2.45) is 0 Å². The van der Waals surface area contributed by atoms with Crippen LogP contribution in [0.2, 0.25) is 0 Å². The maximum Gasteiger partial charge on any atom is 0.226 e. The molecular formula is C14H18N4O. The summed E-state index contributed by atoms with van der Waals surface area (Å²) in [6.45, 7) is 6.38. The number of anilines is 2. The Morgan fingerprint density at radius 3 is 2.42 bits per heavy atom. The summed E-state index contributed by atoms with van der Waals surface area (Å²) in [6, 6.07) is 7.49. The molecule has 5 nitrogen and oxygen atoms in total. The zero-order valence-corrected chi connectivity index (χ0v) is 11.3. The van der Waals surface area contributed by atoms with Crippen molar-refractivity contribution in [3.05, 3.63) is 35.4 Å². The van der Waals surface area contributed by atoms with Crippen molar-refractivity contribution in [1.29, 1.82) is 0 Å². The van der Waals surface area contributed by atoms with Gasteiger partial charge in [0.25, 0.3) is 0 Å². The van der Waals surface area contributed by atoms with Crippen LogP contribution in [0, 0.1) is 6.92 Å². The van der Waals surface area contributed by atoms with Gasteiger partial charge in [-0.3, -0.25) is 0 Å². The molecule has 0 fully saturated rings. The summed E-state index contributed by atoms with van der Waals surface area (Å²) in [4.78, 5) is 7.78. The quantitative estimate of drug-likeness (QED) is 0.883. The van der Waals surface area contributed by atoms with Gasteiger partial charge in [-0.15, -0.1) is 0 Å². The van der Waals surface area contributed by atoms with Crippen molar-refractivity contribution in [3.63, 3.8) is 0 Å². The van der Waals surface area contributed by atoms with Gasteiger partial charge >= 0.3 is 0 Å². The maximum absolute atomic E-state index is 5.64. The van der Waals surface area contributed by atoms with Crippen LogP contribution in [0.15, 0.2) is 24.3 Å². The van der Waals surface area contributed by atoms with Crippen LogP contribution in [0.25, 0.3) is 0 Å². The second-order valence-corrected chi connectivity index (χ2v) is 4.76. The highest BCUT2D eigenvalue weighted by Gasteiger charge is 2.07. The first-order valence-corrected chi connectivity index (χ1v) is 6.14. The number of ether oxygens (including phenoxy) is 1. The highest BCUT2D eigenvalue weighted by molar-refractivity contribution is 5.42. The first-order valence-electron chi connectivity index (χ1n) is 6.14. The second kappa shape index (κ2) is 5.14. The van der Waals surface area contributed by atoms with E-state index in [1.807, 2.05) is 12.1 Å². The molecule has 0 amide bonds. The van der Waals surface area contributed by atoms with Crippen LogP contribution in [-0.2, 0) is 0 Å². The normalized spacial score (nSPS) is 10.7. The lowest BCUT2D eigenvalue weighted by Gasteiger charge is -2.12. The Bertz CT molecular complexity index is 576. The Hall–Kier alpha value is -2.30. The Balaban J connectivity index is 2.26. The van der Waals surface area contributed by atoms with Crippen molar-refractivity contribution in [2.45, 2.75) is 26.7 Å². The van der Waals surface area contributed by atoms with Crippen LogP contribution < -0.4 is 16.2 Å². The molecule has 0 unspecified atom stereocenters. The minimum atomic E-state index is 0.102. The van der Waals surface area contributed by atoms with Crippen LogP contribution >= 0.6 is 0 Å². The smallest absolute Gasteiger partial charge is 0.226 e. The molecule has 0 aliphatic carbocycles. The number of rotatable bonds is 3. The molecule has 0 atom stereocenters. The van der Waals surface area contributed by atoms with E-state index in [0.29, 0.717) is 17.5 Å². The van der Waals surface area contributed by atoms with Crippen molar-refractivity contribution in [3.8, 4) is 11.6 Å². The van der Waals surface area contributed by atoms with E-state index in [1.165, 1.54) is 11.1 Å². The lowest BCUT2D eigenvalue weighted by atomic mass is 9.98. The number of aromatic nitrogens is 2. The van der Waals surface area contributed by atoms with Crippen molar-refractivity contribution >= 4 is 11.8 Å². The first-order chi connectivity index (χ1) is 8.95. The number of hydrogen-bond donors (Lipinski definition) is 2. The van der Waals surface area contributed by atoms with E-state index in [4.69, 9.17) is 16.2 Å². The Morgan fingerprint density at radius 1 is 1.11 bits per heavy atom. The number of benzene rings is 1. The third kappa shape index (κ3) is 3.13. The SMILES string of the molecule is Cc1cc(Oc2cc(N)nc(N)n2)ccc1C(C)C. The molecule has 1 aromatic carbocycles. The maximum atomic E-state index is 5.64. The molecule has 1 heterocycles. The third-order valence-electron chi connectivity index (χ3n) is 2.83. The van der Waals surface area contributed by atoms with Crippen LogP contribution in [0.1, 0.15) is 30.9 Å². The van der Waals surface area contributed by atoms with Crippen molar-refractivity contribution in [1.82, 2.24) is 9.97 Å². The Labute approximate surface area is 112 Å². The predicted molar refractivity (Wildman–Crippen MR) is 76.2 cm³/mol. The number of nitrogens with two attached hydrogens (primary N) is 2. The summed E-state index contributed by atoms with van der Waals surface area (Å²) >= 11 is 0. The summed E-state index contributed by atoms with van der Waals surface area (Å²) in [6.07, 6.45) is 0. The van der Waals surface area contributed by atoms with Gasteiger partial charge in [-0.2, -0.15) is 9.97 Å². The predicted octanol–water partition coefficient (Wildman–Crippen LogP) is 2.87. The zero-order valence-electron chi connectivity index (χ0n) is 11.3. The van der Waals surface area contributed by atoms with E-state index in [9.17, 15) is 0 Å². The van der Waals surface area contributed by atoms with Gasteiger partial charge in [0.15, 0.2) is 0 Å². The topological polar surface area (TPSA) is 87.0 Å². The third-order valence-corrected chi connectivity index (χ3v) is 2.83. The molecule has 2 rings (SSSR count). The fourth-order valence-electron chi connectivity index (χ4n) is 1.99. The van der Waals surface area contributed by atoms with Gasteiger partial charge in [0.05, 0.1) is 0 Å². The number of nitrogens with zero attached hydrogens (tertiary/aromatic N) is 2. The standard InChI is InChI=1S/C14H18N4O/c1-8(2)11-5-4-10(6-9(11)3)19-13-7-12(15)17-14(16)18-13/h4-8H,1-3H3,(H4,15,16,17,18). The van der Waals surface area contributed by atoms with Gasteiger partial charge in [0.1, 0.15) is 11.6 Å². The molecule has 0 spiro atoms. The number of aryl methyl sites for hydroxylation is 1. The average Bonchev–Trinajstić information content (AvgIpc) is 2.26. The van der Waals surface area contributed by atoms with E-state index < -0.39 is 0 Å². The van der Waals surface area contributed by atoms with Gasteiger partial charge in [0, 0.05) is 6.07 Å². The molecule has 1 aromatic heterocycles. The fraction of sp³-hybridized carbons (Fsp3) is 0.286. The van der Waals surface area contributed by atoms with Crippen LogP contribution in [-0.4, -0.2) is 9.97 Å². The summed E-state index contributed by atoms with van der Waals surface area (Å²) in [5, 5.41) is 0. The highest BCUT2D eigenvalue weighted by atomic mass is 16.5. The summed E-state index contributed by atoms with van der Waals surface area (Å²) < 4.78 is 5.64. The average molecular weight is 258 g/mol. The second-order valence-electron chi connectivity index (χ2n) is 4.76. The lowest BCUT2D eigenvalue weighted by molar-refractivity contribution is 0.462. The molecular weight excluding hydrogens is 240 g/mol. The van der Waals surface area contributed by atoms with Gasteiger partial charge in [-0.05, 0) is 36.1 Å². The van der Waals surface area contributed by atoms with Crippen LogP contribution in [0.5, 0.6) is 11.6 Å². The molecule has 0 bridgehead atoms. The van der Waals surface area contributed by atoms with Crippen molar-refractivity contribution < 1.29 is 4.74 Å². The van der Waals surface area contributed by atoms with E-state index in [-0.39, 0.29) is 11.8 Å². The summed E-state index contributed by atoms with van der Waals surface area (Å²) in [5.74, 6) is 1.93. The molecule has 0 aliphatic heterocycles. The molecule has 2 aromatic rings. The van der Waals surface area contributed by atoms with E-state index >= 15 is 0 Å². The zero-order chi connectivity index (χ0) is 14.0. The monoisotopic (exact) mass is 258 g/mol. The lowest BCUT2D eigenvalue weighted by Crippen LogP contribution is -2.01. The van der Waals surface area contributed by atoms with Crippen LogP contribution in [0.3, 0.4) is 0 Å². The Kier molecular flexibility index (Phi) is 3.55. The number of nitrogen functional groups attached to an aromatic ring is 2. The molecule has 5 heteroatoms. The minimum Gasteiger partial charge on any atom is -0.439 e. The fourth-order valence-corrected chi connectivity index (χ4v) is 1.99. The van der Waals surface area contributed by atoms with E-state index in [2.05, 4.69) is 36.8 Å². The van der Waals surface area contributed by atoms with Gasteiger partial charge in [-0.25, -0.2) is 0 Å². The minimum absolute atomic E-state index is 0.102. The highest BCUT2D eigenvalue weighted by Crippen LogP contribution is 2.26. The van der Waals surface area contributed by atoms with E-state index in [0.717, 1.165) is 0 Å².